The van der Waals surface area contributed by atoms with Gasteiger partial charge < -0.3 is 15.0 Å². The van der Waals surface area contributed by atoms with Gasteiger partial charge in [-0.3, -0.25) is 4.79 Å². The van der Waals surface area contributed by atoms with Crippen LogP contribution in [0.5, 0.6) is 5.75 Å². The lowest BCUT2D eigenvalue weighted by molar-refractivity contribution is -0.112. The third kappa shape index (κ3) is 4.31. The Bertz CT molecular complexity index is 1140. The molecular formula is C23H24N4O2S2. The Morgan fingerprint density at radius 2 is 1.94 bits per heavy atom. The van der Waals surface area contributed by atoms with Crippen molar-refractivity contribution in [2.24, 2.45) is 0 Å². The molecule has 0 atom stereocenters. The normalized spacial score (nSPS) is 15.7. The number of nitrogens with one attached hydrogen (secondary N) is 1. The van der Waals surface area contributed by atoms with Gasteiger partial charge in [-0.2, -0.15) is 0 Å². The van der Waals surface area contributed by atoms with E-state index in [1.54, 1.807) is 13.2 Å². The van der Waals surface area contributed by atoms with E-state index in [2.05, 4.69) is 46.4 Å². The predicted octanol–water partition coefficient (Wildman–Crippen LogP) is 5.26. The van der Waals surface area contributed by atoms with E-state index in [4.69, 9.17) is 4.74 Å². The number of allylic oxidation sites excluding steroid dienone is 2. The van der Waals surface area contributed by atoms with Crippen LogP contribution in [0.15, 0.2) is 64.6 Å². The number of likely N-dealkylation sites (N-methyl/N-ethyl adjacent to an activating group) is 1. The number of anilines is 3. The Kier molecular flexibility index (Phi) is 6.02. The van der Waals surface area contributed by atoms with Crippen LogP contribution in [-0.2, 0) is 10.2 Å². The predicted molar refractivity (Wildman–Crippen MR) is 128 cm³/mol. The Hall–Kier alpha value is -2.84. The average molecular weight is 453 g/mol. The van der Waals surface area contributed by atoms with Crippen molar-refractivity contribution in [2.75, 3.05) is 30.1 Å². The summed E-state index contributed by atoms with van der Waals surface area (Å²) in [5.41, 5.74) is 4.01. The van der Waals surface area contributed by atoms with Crippen molar-refractivity contribution >= 4 is 45.4 Å². The molecule has 8 heteroatoms. The number of carbonyl (C=O) groups is 1. The second kappa shape index (κ2) is 8.72. The van der Waals surface area contributed by atoms with Crippen LogP contribution in [0.25, 0.3) is 0 Å². The maximum atomic E-state index is 12.7. The summed E-state index contributed by atoms with van der Waals surface area (Å²) >= 11 is 2.81. The van der Waals surface area contributed by atoms with Crippen LogP contribution >= 0.6 is 23.1 Å². The van der Waals surface area contributed by atoms with E-state index < -0.39 is 0 Å². The van der Waals surface area contributed by atoms with Crippen molar-refractivity contribution in [3.8, 4) is 5.75 Å². The number of thioether (sulfide) groups is 1. The van der Waals surface area contributed by atoms with Gasteiger partial charge in [0.2, 0.25) is 5.13 Å². The second-order valence-corrected chi connectivity index (χ2v) is 9.88. The van der Waals surface area contributed by atoms with Gasteiger partial charge in [-0.25, -0.2) is 0 Å². The lowest BCUT2D eigenvalue weighted by atomic mass is 9.83. The minimum absolute atomic E-state index is 0.0576. The molecule has 0 fully saturated rings. The number of para-hydroxylation sites is 3. The zero-order valence-electron chi connectivity index (χ0n) is 17.9. The average Bonchev–Trinajstić information content (AvgIpc) is 3.29. The fourth-order valence-electron chi connectivity index (χ4n) is 3.77. The van der Waals surface area contributed by atoms with Gasteiger partial charge >= 0.3 is 0 Å². The van der Waals surface area contributed by atoms with Crippen molar-refractivity contribution in [2.45, 2.75) is 23.6 Å². The highest BCUT2D eigenvalue weighted by molar-refractivity contribution is 8.01. The monoisotopic (exact) mass is 452 g/mol. The first-order valence-electron chi connectivity index (χ1n) is 9.84. The number of ether oxygens (including phenoxy) is 1. The SMILES string of the molecule is COc1ccccc1Nc1nnc(SCC(=O)C=C2N(C)c3ccccc3C2(C)C)s1. The van der Waals surface area contributed by atoms with E-state index in [1.807, 2.05) is 43.4 Å². The number of benzene rings is 2. The van der Waals surface area contributed by atoms with Gasteiger partial charge in [-0.15, -0.1) is 10.2 Å². The molecule has 0 saturated carbocycles. The zero-order chi connectivity index (χ0) is 22.0. The standard InChI is InChI=1S/C23H24N4O2S2/c1-23(2)16-9-5-7-11-18(16)27(3)20(23)13-15(28)14-30-22-26-25-21(31-22)24-17-10-6-8-12-19(17)29-4/h5-13H,14H2,1-4H3,(H,24,25). The van der Waals surface area contributed by atoms with Gasteiger partial charge in [0.05, 0.1) is 18.6 Å². The molecule has 1 aliphatic rings. The van der Waals surface area contributed by atoms with E-state index in [0.29, 0.717) is 10.9 Å². The molecule has 0 saturated heterocycles. The zero-order valence-corrected chi connectivity index (χ0v) is 19.5. The number of methoxy groups -OCH3 is 1. The van der Waals surface area contributed by atoms with E-state index >= 15 is 0 Å². The van der Waals surface area contributed by atoms with Crippen LogP contribution in [0.1, 0.15) is 19.4 Å². The minimum Gasteiger partial charge on any atom is -0.495 e. The summed E-state index contributed by atoms with van der Waals surface area (Å²) in [5.74, 6) is 1.10. The molecule has 3 aromatic rings. The molecule has 0 aliphatic carbocycles. The van der Waals surface area contributed by atoms with Crippen LogP contribution < -0.4 is 15.0 Å². The van der Waals surface area contributed by atoms with E-state index in [-0.39, 0.29) is 11.2 Å². The summed E-state index contributed by atoms with van der Waals surface area (Å²) < 4.78 is 6.09. The van der Waals surface area contributed by atoms with Crippen molar-refractivity contribution < 1.29 is 9.53 Å². The van der Waals surface area contributed by atoms with Gasteiger partial charge in [0, 0.05) is 29.9 Å². The Labute approximate surface area is 190 Å². The number of hydrogen-bond donors (Lipinski definition) is 1. The molecule has 160 valence electrons. The fourth-order valence-corrected chi connectivity index (χ4v) is 5.35. The Morgan fingerprint density at radius 1 is 1.19 bits per heavy atom. The summed E-state index contributed by atoms with van der Waals surface area (Å²) in [4.78, 5) is 14.8. The van der Waals surface area contributed by atoms with Crippen LogP contribution in [0.4, 0.5) is 16.5 Å². The van der Waals surface area contributed by atoms with Crippen molar-refractivity contribution in [1.29, 1.82) is 0 Å². The number of rotatable bonds is 7. The number of carbonyl (C=O) groups excluding carboxylic acids is 1. The lowest BCUT2D eigenvalue weighted by Gasteiger charge is -2.23. The van der Waals surface area contributed by atoms with Crippen molar-refractivity contribution in [3.05, 3.63) is 65.9 Å². The molecule has 0 bridgehead atoms. The maximum Gasteiger partial charge on any atom is 0.210 e. The highest BCUT2D eigenvalue weighted by Crippen LogP contribution is 2.46. The third-order valence-electron chi connectivity index (χ3n) is 5.33. The molecule has 1 aliphatic heterocycles. The number of aromatic nitrogens is 2. The molecular weight excluding hydrogens is 428 g/mol. The maximum absolute atomic E-state index is 12.7. The smallest absolute Gasteiger partial charge is 0.210 e. The number of fused-ring (bicyclic) bond motifs is 1. The highest BCUT2D eigenvalue weighted by atomic mass is 32.2. The quantitative estimate of drug-likeness (QED) is 0.387. The largest absolute Gasteiger partial charge is 0.495 e. The van der Waals surface area contributed by atoms with Crippen molar-refractivity contribution in [1.82, 2.24) is 10.2 Å². The molecule has 2 heterocycles. The summed E-state index contributed by atoms with van der Waals surface area (Å²) in [6.07, 6.45) is 1.77. The van der Waals surface area contributed by atoms with Crippen LogP contribution in [-0.4, -0.2) is 35.9 Å². The second-order valence-electron chi connectivity index (χ2n) is 7.68. The molecule has 1 aromatic heterocycles. The Balaban J connectivity index is 1.41. The third-order valence-corrected chi connectivity index (χ3v) is 7.33. The van der Waals surface area contributed by atoms with E-state index in [1.165, 1.54) is 28.7 Å². The van der Waals surface area contributed by atoms with Crippen LogP contribution in [0, 0.1) is 0 Å². The summed E-state index contributed by atoms with van der Waals surface area (Å²) in [6, 6.07) is 15.9. The summed E-state index contributed by atoms with van der Waals surface area (Å²) in [5, 5.41) is 12.2. The molecule has 4 rings (SSSR count). The van der Waals surface area contributed by atoms with Crippen molar-refractivity contribution in [3.63, 3.8) is 0 Å². The van der Waals surface area contributed by atoms with Crippen LogP contribution in [0.3, 0.4) is 0 Å². The minimum atomic E-state index is -0.208. The summed E-state index contributed by atoms with van der Waals surface area (Å²) in [7, 11) is 3.64. The first-order valence-corrected chi connectivity index (χ1v) is 11.6. The molecule has 1 N–H and O–H groups in total. The first-order chi connectivity index (χ1) is 14.9. The van der Waals surface area contributed by atoms with Gasteiger partial charge in [-0.1, -0.05) is 67.3 Å². The van der Waals surface area contributed by atoms with Gasteiger partial charge in [0.1, 0.15) is 5.75 Å². The lowest BCUT2D eigenvalue weighted by Crippen LogP contribution is -2.24. The number of hydrogen-bond acceptors (Lipinski definition) is 8. The fraction of sp³-hybridized carbons (Fsp3) is 0.261. The molecule has 2 aromatic carbocycles. The van der Waals surface area contributed by atoms with E-state index in [9.17, 15) is 4.79 Å². The van der Waals surface area contributed by atoms with Gasteiger partial charge in [0.25, 0.3) is 0 Å². The first kappa shape index (κ1) is 21.4. The number of nitrogens with zero attached hydrogens (tertiary/aromatic N) is 3. The topological polar surface area (TPSA) is 67.3 Å². The van der Waals surface area contributed by atoms with E-state index in [0.717, 1.165) is 27.2 Å². The molecule has 0 amide bonds. The molecule has 0 unspecified atom stereocenters. The highest BCUT2D eigenvalue weighted by Gasteiger charge is 2.38. The molecule has 0 radical (unpaired) electrons. The molecule has 6 nitrogen and oxygen atoms in total. The molecule has 31 heavy (non-hydrogen) atoms. The van der Waals surface area contributed by atoms with Crippen LogP contribution in [0.2, 0.25) is 0 Å². The number of ketones is 1. The Morgan fingerprint density at radius 3 is 2.71 bits per heavy atom. The molecule has 0 spiro atoms. The van der Waals surface area contributed by atoms with Gasteiger partial charge in [0.15, 0.2) is 10.1 Å². The van der Waals surface area contributed by atoms with Gasteiger partial charge in [-0.05, 0) is 23.8 Å². The summed E-state index contributed by atoms with van der Waals surface area (Å²) in [6.45, 7) is 4.31.